The number of likely N-dealkylation sites (tertiary alicyclic amines) is 1. The predicted octanol–water partition coefficient (Wildman–Crippen LogP) is 2.78. The summed E-state index contributed by atoms with van der Waals surface area (Å²) in [5, 5.41) is -0.0186. The molecule has 0 bridgehead atoms. The molecule has 5 nitrogen and oxygen atoms in total. The third-order valence-electron chi connectivity index (χ3n) is 5.22. The molecule has 3 rings (SSSR count). The molecule has 1 amide bonds. The molecule has 2 N–H and O–H groups in total. The van der Waals surface area contributed by atoms with Crippen LogP contribution in [-0.4, -0.2) is 48.5 Å². The summed E-state index contributed by atoms with van der Waals surface area (Å²) in [6.07, 6.45) is -1.43. The number of hydrogen-bond acceptors (Lipinski definition) is 4. The van der Waals surface area contributed by atoms with E-state index in [4.69, 9.17) is 17.3 Å². The first-order valence-corrected chi connectivity index (χ1v) is 9.14. The van der Waals surface area contributed by atoms with Crippen molar-refractivity contribution in [1.82, 2.24) is 9.88 Å². The van der Waals surface area contributed by atoms with Crippen LogP contribution in [0, 0.1) is 11.8 Å². The van der Waals surface area contributed by atoms with Crippen molar-refractivity contribution in [3.05, 3.63) is 22.8 Å². The normalized spacial score (nSPS) is 22.1. The van der Waals surface area contributed by atoms with E-state index < -0.39 is 11.7 Å². The Labute approximate surface area is 155 Å². The van der Waals surface area contributed by atoms with Gasteiger partial charge in [-0.05, 0) is 37.8 Å². The highest BCUT2D eigenvalue weighted by Gasteiger charge is 2.34. The van der Waals surface area contributed by atoms with E-state index in [9.17, 15) is 18.0 Å². The molecule has 3 heterocycles. The van der Waals surface area contributed by atoms with Gasteiger partial charge in [-0.15, -0.1) is 0 Å². The van der Waals surface area contributed by atoms with Gasteiger partial charge in [0.15, 0.2) is 0 Å². The quantitative estimate of drug-likeness (QED) is 0.862. The standard InChI is InChI=1S/C17H22ClF3N4O/c18-14-7-13(17(19,20)21)9-23-15(14)24-5-2-12(3-6-24)16(26)25-4-1-11(8-22)10-25/h7,9,11-12H,1-6,8,10,22H2. The lowest BCUT2D eigenvalue weighted by atomic mass is 9.95. The minimum absolute atomic E-state index is 0.0186. The maximum Gasteiger partial charge on any atom is 0.417 e. The minimum atomic E-state index is -4.47. The van der Waals surface area contributed by atoms with Crippen molar-refractivity contribution in [3.63, 3.8) is 0 Å². The van der Waals surface area contributed by atoms with E-state index in [1.54, 1.807) is 0 Å². The Kier molecular flexibility index (Phi) is 5.62. The Morgan fingerprint density at radius 3 is 2.50 bits per heavy atom. The zero-order chi connectivity index (χ0) is 18.9. The number of alkyl halides is 3. The molecule has 0 aromatic carbocycles. The van der Waals surface area contributed by atoms with Crippen molar-refractivity contribution in [2.75, 3.05) is 37.6 Å². The topological polar surface area (TPSA) is 62.5 Å². The monoisotopic (exact) mass is 390 g/mol. The van der Waals surface area contributed by atoms with Gasteiger partial charge in [-0.25, -0.2) is 4.98 Å². The summed E-state index contributed by atoms with van der Waals surface area (Å²) in [4.78, 5) is 20.3. The molecule has 0 aliphatic carbocycles. The Morgan fingerprint density at radius 2 is 1.96 bits per heavy atom. The molecule has 2 fully saturated rings. The second kappa shape index (κ2) is 7.60. The number of piperidine rings is 1. The fourth-order valence-electron chi connectivity index (χ4n) is 3.64. The number of pyridine rings is 1. The summed E-state index contributed by atoms with van der Waals surface area (Å²) in [6.45, 7) is 3.17. The lowest BCUT2D eigenvalue weighted by Gasteiger charge is -2.34. The molecule has 1 aromatic heterocycles. The lowest BCUT2D eigenvalue weighted by molar-refractivity contribution is -0.138. The van der Waals surface area contributed by atoms with Crippen molar-refractivity contribution < 1.29 is 18.0 Å². The number of nitrogens with two attached hydrogens (primary N) is 1. The van der Waals surface area contributed by atoms with E-state index in [1.165, 1.54) is 0 Å². The highest BCUT2D eigenvalue weighted by Crippen LogP contribution is 2.35. The molecular formula is C17H22ClF3N4O. The van der Waals surface area contributed by atoms with Crippen LogP contribution in [0.5, 0.6) is 0 Å². The first-order valence-electron chi connectivity index (χ1n) is 8.76. The van der Waals surface area contributed by atoms with Gasteiger partial charge in [-0.2, -0.15) is 13.2 Å². The minimum Gasteiger partial charge on any atom is -0.355 e. The summed E-state index contributed by atoms with van der Waals surface area (Å²) in [5.74, 6) is 0.826. The number of nitrogens with zero attached hydrogens (tertiary/aromatic N) is 3. The molecule has 1 unspecified atom stereocenters. The third kappa shape index (κ3) is 4.06. The van der Waals surface area contributed by atoms with Crippen LogP contribution < -0.4 is 10.6 Å². The van der Waals surface area contributed by atoms with E-state index >= 15 is 0 Å². The molecule has 2 aliphatic rings. The number of hydrogen-bond donors (Lipinski definition) is 1. The number of carbonyl (C=O) groups is 1. The maximum atomic E-state index is 12.7. The van der Waals surface area contributed by atoms with Crippen LogP contribution in [0.15, 0.2) is 12.3 Å². The molecule has 0 spiro atoms. The van der Waals surface area contributed by atoms with Gasteiger partial charge in [-0.3, -0.25) is 4.79 Å². The third-order valence-corrected chi connectivity index (χ3v) is 5.50. The van der Waals surface area contributed by atoms with Crippen LogP contribution >= 0.6 is 11.6 Å². The zero-order valence-electron chi connectivity index (χ0n) is 14.3. The fourth-order valence-corrected chi connectivity index (χ4v) is 3.93. The van der Waals surface area contributed by atoms with E-state index in [0.717, 1.165) is 31.8 Å². The van der Waals surface area contributed by atoms with Crippen molar-refractivity contribution >= 4 is 23.3 Å². The Morgan fingerprint density at radius 1 is 1.27 bits per heavy atom. The smallest absolute Gasteiger partial charge is 0.355 e. The van der Waals surface area contributed by atoms with Crippen LogP contribution in [0.2, 0.25) is 5.02 Å². The zero-order valence-corrected chi connectivity index (χ0v) is 15.1. The summed E-state index contributed by atoms with van der Waals surface area (Å²) in [6, 6.07) is 0.901. The van der Waals surface area contributed by atoms with Gasteiger partial charge < -0.3 is 15.5 Å². The van der Waals surface area contributed by atoms with Crippen molar-refractivity contribution in [1.29, 1.82) is 0 Å². The molecular weight excluding hydrogens is 369 g/mol. The molecule has 26 heavy (non-hydrogen) atoms. The summed E-state index contributed by atoms with van der Waals surface area (Å²) in [7, 11) is 0. The average Bonchev–Trinajstić information content (AvgIpc) is 3.09. The first kappa shape index (κ1) is 19.2. The second-order valence-electron chi connectivity index (χ2n) is 6.96. The summed E-state index contributed by atoms with van der Waals surface area (Å²) in [5.41, 5.74) is 4.81. The largest absolute Gasteiger partial charge is 0.417 e. The van der Waals surface area contributed by atoms with Crippen LogP contribution in [0.25, 0.3) is 0 Å². The molecule has 0 saturated carbocycles. The lowest BCUT2D eigenvalue weighted by Crippen LogP contribution is -2.42. The Balaban J connectivity index is 1.59. The van der Waals surface area contributed by atoms with Gasteiger partial charge in [0.1, 0.15) is 5.82 Å². The van der Waals surface area contributed by atoms with E-state index in [-0.39, 0.29) is 16.8 Å². The molecule has 1 aromatic rings. The maximum absolute atomic E-state index is 12.7. The van der Waals surface area contributed by atoms with Crippen LogP contribution in [0.1, 0.15) is 24.8 Å². The predicted molar refractivity (Wildman–Crippen MR) is 92.9 cm³/mol. The van der Waals surface area contributed by atoms with Crippen LogP contribution in [0.4, 0.5) is 19.0 Å². The molecule has 2 aliphatic heterocycles. The molecule has 144 valence electrons. The summed E-state index contributed by atoms with van der Waals surface area (Å²) >= 11 is 6.01. The van der Waals surface area contributed by atoms with E-state index in [2.05, 4.69) is 4.98 Å². The number of anilines is 1. The van der Waals surface area contributed by atoms with Crippen molar-refractivity contribution in [2.45, 2.75) is 25.4 Å². The first-order chi connectivity index (χ1) is 12.3. The number of carbonyl (C=O) groups excluding carboxylic acids is 1. The summed E-state index contributed by atoms with van der Waals surface area (Å²) < 4.78 is 38.2. The van der Waals surface area contributed by atoms with Gasteiger partial charge >= 0.3 is 6.18 Å². The van der Waals surface area contributed by atoms with E-state index in [0.29, 0.717) is 44.2 Å². The van der Waals surface area contributed by atoms with Gasteiger partial charge in [0.05, 0.1) is 10.6 Å². The van der Waals surface area contributed by atoms with Crippen LogP contribution in [0.3, 0.4) is 0 Å². The van der Waals surface area contributed by atoms with Gasteiger partial charge in [0.25, 0.3) is 0 Å². The number of rotatable bonds is 3. The fraction of sp³-hybridized carbons (Fsp3) is 0.647. The molecule has 9 heteroatoms. The molecule has 2 saturated heterocycles. The SMILES string of the molecule is NCC1CCN(C(=O)C2CCN(c3ncc(C(F)(F)F)cc3Cl)CC2)C1. The van der Waals surface area contributed by atoms with Crippen molar-refractivity contribution in [2.24, 2.45) is 17.6 Å². The highest BCUT2D eigenvalue weighted by atomic mass is 35.5. The Bertz CT molecular complexity index is 662. The highest BCUT2D eigenvalue weighted by molar-refractivity contribution is 6.33. The van der Waals surface area contributed by atoms with Gasteiger partial charge in [-0.1, -0.05) is 11.6 Å². The Hall–Kier alpha value is -1.54. The average molecular weight is 391 g/mol. The second-order valence-corrected chi connectivity index (χ2v) is 7.37. The number of halogens is 4. The van der Waals surface area contributed by atoms with Gasteiger partial charge in [0, 0.05) is 38.3 Å². The van der Waals surface area contributed by atoms with E-state index in [1.807, 2.05) is 9.80 Å². The molecule has 1 atom stereocenters. The van der Waals surface area contributed by atoms with Gasteiger partial charge in [0.2, 0.25) is 5.91 Å². The number of aromatic nitrogens is 1. The van der Waals surface area contributed by atoms with Crippen LogP contribution in [-0.2, 0) is 11.0 Å². The molecule has 0 radical (unpaired) electrons. The van der Waals surface area contributed by atoms with Crippen molar-refractivity contribution in [3.8, 4) is 0 Å². The number of amides is 1.